The molecule has 1 aliphatic carbocycles. The summed E-state index contributed by atoms with van der Waals surface area (Å²) in [6, 6.07) is 8.17. The number of nitrogens with one attached hydrogen (secondary N) is 2. The summed E-state index contributed by atoms with van der Waals surface area (Å²) >= 11 is 0. The van der Waals surface area contributed by atoms with Crippen molar-refractivity contribution >= 4 is 23.1 Å². The van der Waals surface area contributed by atoms with E-state index < -0.39 is 11.7 Å². The summed E-state index contributed by atoms with van der Waals surface area (Å²) in [5.41, 5.74) is 0.141. The number of anilines is 3. The highest BCUT2D eigenvalue weighted by atomic mass is 19.4. The van der Waals surface area contributed by atoms with Gasteiger partial charge in [-0.25, -0.2) is 4.98 Å². The van der Waals surface area contributed by atoms with Crippen LogP contribution in [0.2, 0.25) is 0 Å². The third-order valence-corrected chi connectivity index (χ3v) is 3.97. The van der Waals surface area contributed by atoms with Crippen LogP contribution in [-0.4, -0.2) is 10.9 Å². The summed E-state index contributed by atoms with van der Waals surface area (Å²) in [6.45, 7) is 0. The van der Waals surface area contributed by atoms with E-state index in [-0.39, 0.29) is 11.8 Å². The second kappa shape index (κ2) is 6.51. The second-order valence-corrected chi connectivity index (χ2v) is 5.75. The van der Waals surface area contributed by atoms with Gasteiger partial charge < -0.3 is 10.6 Å². The number of amides is 1. The first-order valence-corrected chi connectivity index (χ1v) is 7.63. The quantitative estimate of drug-likeness (QED) is 0.860. The first-order valence-electron chi connectivity index (χ1n) is 7.63. The highest BCUT2D eigenvalue weighted by Crippen LogP contribution is 2.31. The molecule has 1 amide bonds. The monoisotopic (exact) mass is 335 g/mol. The maximum Gasteiger partial charge on any atom is 0.416 e. The van der Waals surface area contributed by atoms with Crippen LogP contribution in [-0.2, 0) is 11.0 Å². The van der Waals surface area contributed by atoms with Crippen molar-refractivity contribution in [2.75, 3.05) is 10.6 Å². The Labute approximate surface area is 137 Å². The molecule has 1 fully saturated rings. The van der Waals surface area contributed by atoms with Crippen LogP contribution >= 0.6 is 0 Å². The molecule has 1 aromatic carbocycles. The summed E-state index contributed by atoms with van der Waals surface area (Å²) in [6.07, 6.45) is -0.00757. The zero-order valence-corrected chi connectivity index (χ0v) is 12.7. The van der Waals surface area contributed by atoms with Gasteiger partial charge in [0.25, 0.3) is 0 Å². The van der Waals surface area contributed by atoms with Gasteiger partial charge in [-0.15, -0.1) is 0 Å². The number of halogens is 3. The second-order valence-electron chi connectivity index (χ2n) is 5.75. The Bertz CT molecular complexity index is 725. The lowest BCUT2D eigenvalue weighted by molar-refractivity contribution is -0.137. The number of rotatable bonds is 4. The third kappa shape index (κ3) is 3.84. The molecule has 1 saturated carbocycles. The van der Waals surface area contributed by atoms with Crippen molar-refractivity contribution in [3.05, 3.63) is 48.2 Å². The maximum absolute atomic E-state index is 12.7. The van der Waals surface area contributed by atoms with Crippen LogP contribution in [0.5, 0.6) is 0 Å². The normalized spacial score (nSPS) is 14.8. The van der Waals surface area contributed by atoms with Gasteiger partial charge >= 0.3 is 6.18 Å². The number of aromatic nitrogens is 1. The van der Waals surface area contributed by atoms with Crippen LogP contribution in [0.25, 0.3) is 0 Å². The Kier molecular flexibility index (Phi) is 4.42. The number of carbonyl (C=O) groups is 1. The number of benzene rings is 1. The predicted octanol–water partition coefficient (Wildman–Crippen LogP) is 4.58. The van der Waals surface area contributed by atoms with Crippen LogP contribution in [0.15, 0.2) is 42.6 Å². The van der Waals surface area contributed by atoms with Gasteiger partial charge in [-0.05, 0) is 43.2 Å². The molecule has 0 spiro atoms. The molecule has 3 rings (SSSR count). The summed E-state index contributed by atoms with van der Waals surface area (Å²) < 4.78 is 38.1. The standard InChI is InChI=1S/C17H16F3N3O/c18-17(19,20)12-5-2-6-13(9-12)22-15-8-7-14(10-21-15)23-16(24)11-3-1-4-11/h2,5-11H,1,3-4H2,(H,21,22)(H,23,24). The van der Waals surface area contributed by atoms with Gasteiger partial charge in [-0.1, -0.05) is 12.5 Å². The molecule has 0 saturated heterocycles. The largest absolute Gasteiger partial charge is 0.416 e. The smallest absolute Gasteiger partial charge is 0.340 e. The van der Waals surface area contributed by atoms with E-state index >= 15 is 0 Å². The van der Waals surface area contributed by atoms with Crippen molar-refractivity contribution in [1.82, 2.24) is 4.98 Å². The molecule has 0 bridgehead atoms. The molecule has 1 aromatic heterocycles. The van der Waals surface area contributed by atoms with E-state index in [1.807, 2.05) is 0 Å². The number of carbonyl (C=O) groups excluding carboxylic acids is 1. The highest BCUT2D eigenvalue weighted by molar-refractivity contribution is 5.92. The van der Waals surface area contributed by atoms with Crippen LogP contribution in [0.1, 0.15) is 24.8 Å². The minimum absolute atomic E-state index is 0.0124. The Hall–Kier alpha value is -2.57. The van der Waals surface area contributed by atoms with Crippen molar-refractivity contribution in [2.45, 2.75) is 25.4 Å². The van der Waals surface area contributed by atoms with E-state index in [1.165, 1.54) is 18.3 Å². The average Bonchev–Trinajstić information content (AvgIpc) is 2.47. The number of hydrogen-bond donors (Lipinski definition) is 2. The summed E-state index contributed by atoms with van der Waals surface area (Å²) in [4.78, 5) is 16.0. The molecule has 2 aromatic rings. The van der Waals surface area contributed by atoms with Gasteiger partial charge in [0.05, 0.1) is 17.4 Å². The Morgan fingerprint density at radius 1 is 1.12 bits per heavy atom. The fraction of sp³-hybridized carbons (Fsp3) is 0.294. The fourth-order valence-electron chi connectivity index (χ4n) is 2.38. The zero-order valence-electron chi connectivity index (χ0n) is 12.7. The lowest BCUT2D eigenvalue weighted by Gasteiger charge is -2.23. The maximum atomic E-state index is 12.7. The van der Waals surface area contributed by atoms with Gasteiger partial charge in [-0.2, -0.15) is 13.2 Å². The SMILES string of the molecule is O=C(Nc1ccc(Nc2cccc(C(F)(F)F)c2)nc1)C1CCC1. The van der Waals surface area contributed by atoms with E-state index in [9.17, 15) is 18.0 Å². The summed E-state index contributed by atoms with van der Waals surface area (Å²) in [5.74, 6) is 0.463. The Morgan fingerprint density at radius 3 is 2.50 bits per heavy atom. The number of nitrogens with zero attached hydrogens (tertiary/aromatic N) is 1. The van der Waals surface area contributed by atoms with E-state index in [0.29, 0.717) is 17.2 Å². The minimum Gasteiger partial charge on any atom is -0.340 e. The zero-order chi connectivity index (χ0) is 17.2. The number of pyridine rings is 1. The van der Waals surface area contributed by atoms with E-state index in [1.54, 1.807) is 12.1 Å². The van der Waals surface area contributed by atoms with Gasteiger partial charge in [-0.3, -0.25) is 4.79 Å². The first-order chi connectivity index (χ1) is 11.4. The number of hydrogen-bond acceptors (Lipinski definition) is 3. The van der Waals surface area contributed by atoms with Crippen molar-refractivity contribution in [2.24, 2.45) is 5.92 Å². The predicted molar refractivity (Wildman–Crippen MR) is 84.9 cm³/mol. The van der Waals surface area contributed by atoms with Crippen molar-refractivity contribution in [3.63, 3.8) is 0 Å². The van der Waals surface area contributed by atoms with Crippen molar-refractivity contribution in [1.29, 1.82) is 0 Å². The molecule has 24 heavy (non-hydrogen) atoms. The third-order valence-electron chi connectivity index (χ3n) is 3.97. The van der Waals surface area contributed by atoms with Gasteiger partial charge in [0.15, 0.2) is 0 Å². The molecule has 1 aliphatic rings. The fourth-order valence-corrected chi connectivity index (χ4v) is 2.38. The topological polar surface area (TPSA) is 54.0 Å². The van der Waals surface area contributed by atoms with Crippen LogP contribution < -0.4 is 10.6 Å². The van der Waals surface area contributed by atoms with Crippen LogP contribution in [0.3, 0.4) is 0 Å². The molecule has 0 unspecified atom stereocenters. The Morgan fingerprint density at radius 2 is 1.92 bits per heavy atom. The molecular weight excluding hydrogens is 319 g/mol. The molecular formula is C17H16F3N3O. The van der Waals surface area contributed by atoms with Gasteiger partial charge in [0, 0.05) is 11.6 Å². The lowest BCUT2D eigenvalue weighted by Crippen LogP contribution is -2.28. The minimum atomic E-state index is -4.39. The molecule has 0 radical (unpaired) electrons. The number of alkyl halides is 3. The van der Waals surface area contributed by atoms with E-state index in [4.69, 9.17) is 0 Å². The van der Waals surface area contributed by atoms with Gasteiger partial charge in [0.2, 0.25) is 5.91 Å². The van der Waals surface area contributed by atoms with Gasteiger partial charge in [0.1, 0.15) is 5.82 Å². The Balaban J connectivity index is 1.65. The molecule has 4 nitrogen and oxygen atoms in total. The van der Waals surface area contributed by atoms with E-state index in [0.717, 1.165) is 31.4 Å². The molecule has 0 aliphatic heterocycles. The molecule has 0 atom stereocenters. The lowest BCUT2D eigenvalue weighted by atomic mass is 9.85. The van der Waals surface area contributed by atoms with Crippen molar-refractivity contribution in [3.8, 4) is 0 Å². The van der Waals surface area contributed by atoms with Crippen LogP contribution in [0.4, 0.5) is 30.4 Å². The molecule has 1 heterocycles. The molecule has 126 valence electrons. The average molecular weight is 335 g/mol. The summed E-state index contributed by atoms with van der Waals surface area (Å²) in [7, 11) is 0. The molecule has 2 N–H and O–H groups in total. The van der Waals surface area contributed by atoms with Crippen LogP contribution in [0, 0.1) is 5.92 Å². The first kappa shape index (κ1) is 16.3. The summed E-state index contributed by atoms with van der Waals surface area (Å²) in [5, 5.41) is 5.60. The molecule has 7 heteroatoms. The van der Waals surface area contributed by atoms with E-state index in [2.05, 4.69) is 15.6 Å². The van der Waals surface area contributed by atoms with Crippen molar-refractivity contribution < 1.29 is 18.0 Å². The highest BCUT2D eigenvalue weighted by Gasteiger charge is 2.30.